The molecule has 1 amide bonds. The van der Waals surface area contributed by atoms with Crippen LogP contribution in [0.3, 0.4) is 0 Å². The van der Waals surface area contributed by atoms with Gasteiger partial charge in [0.25, 0.3) is 0 Å². The number of aryl methyl sites for hydroxylation is 3. The fourth-order valence-corrected chi connectivity index (χ4v) is 2.68. The zero-order valence-electron chi connectivity index (χ0n) is 13.9. The molecule has 1 N–H and O–H groups in total. The zero-order chi connectivity index (χ0) is 18.6. The van der Waals surface area contributed by atoms with Gasteiger partial charge in [-0.15, -0.1) is 0 Å². The van der Waals surface area contributed by atoms with Gasteiger partial charge in [0.2, 0.25) is 5.91 Å². The zero-order valence-corrected chi connectivity index (χ0v) is 16.1. The van der Waals surface area contributed by atoms with E-state index in [1.807, 2.05) is 6.92 Å². The minimum atomic E-state index is -4.44. The Labute approximate surface area is 156 Å². The first-order valence-corrected chi connectivity index (χ1v) is 8.82. The van der Waals surface area contributed by atoms with Crippen LogP contribution < -0.4 is 5.32 Å². The highest BCUT2D eigenvalue weighted by atomic mass is 127. The number of halogens is 4. The van der Waals surface area contributed by atoms with Crippen molar-refractivity contribution in [3.05, 3.63) is 32.9 Å². The number of hydrogen-bond donors (Lipinski definition) is 1. The van der Waals surface area contributed by atoms with Crippen molar-refractivity contribution in [1.82, 2.24) is 24.9 Å². The molecular formula is C15H19F3IN5O. The number of nitrogens with zero attached hydrogens (tertiary/aromatic N) is 4. The summed E-state index contributed by atoms with van der Waals surface area (Å²) in [5.41, 5.74) is 0.573. The second-order valence-electron chi connectivity index (χ2n) is 5.65. The largest absolute Gasteiger partial charge is 0.435 e. The first kappa shape index (κ1) is 19.7. The molecule has 0 aliphatic heterocycles. The predicted molar refractivity (Wildman–Crippen MR) is 93.9 cm³/mol. The van der Waals surface area contributed by atoms with Crippen LogP contribution in [0.2, 0.25) is 0 Å². The monoisotopic (exact) mass is 469 g/mol. The Morgan fingerprint density at radius 1 is 1.28 bits per heavy atom. The SMILES string of the molecule is Cc1cc(C(F)(F)F)nn1CCCNC(=O)CCn1ncc(I)c1C. The molecule has 2 heterocycles. The molecule has 2 aromatic rings. The van der Waals surface area contributed by atoms with Gasteiger partial charge in [-0.25, -0.2) is 0 Å². The highest BCUT2D eigenvalue weighted by molar-refractivity contribution is 14.1. The molecule has 0 atom stereocenters. The standard InChI is InChI=1S/C15H19F3IN5O/c1-10-8-13(15(16,17)18)22-23(10)6-3-5-20-14(25)4-7-24-11(2)12(19)9-21-24/h8-9H,3-7H2,1-2H3,(H,20,25). The quantitative estimate of drug-likeness (QED) is 0.501. The van der Waals surface area contributed by atoms with E-state index in [4.69, 9.17) is 0 Å². The molecule has 0 saturated heterocycles. The molecule has 25 heavy (non-hydrogen) atoms. The van der Waals surface area contributed by atoms with Crippen molar-refractivity contribution < 1.29 is 18.0 Å². The third-order valence-electron chi connectivity index (χ3n) is 3.73. The van der Waals surface area contributed by atoms with Crippen molar-refractivity contribution in [2.45, 2.75) is 46.0 Å². The van der Waals surface area contributed by atoms with Crippen LogP contribution in [-0.2, 0) is 24.1 Å². The van der Waals surface area contributed by atoms with Crippen LogP contribution in [0, 0.1) is 17.4 Å². The van der Waals surface area contributed by atoms with Gasteiger partial charge in [-0.3, -0.25) is 14.2 Å². The third kappa shape index (κ3) is 5.44. The van der Waals surface area contributed by atoms with Gasteiger partial charge in [0.15, 0.2) is 5.69 Å². The summed E-state index contributed by atoms with van der Waals surface area (Å²) in [6, 6.07) is 1.02. The molecule has 0 aromatic carbocycles. The summed E-state index contributed by atoms with van der Waals surface area (Å²) in [5, 5.41) is 10.5. The van der Waals surface area contributed by atoms with Gasteiger partial charge in [0.1, 0.15) is 0 Å². The van der Waals surface area contributed by atoms with E-state index in [-0.39, 0.29) is 5.91 Å². The molecule has 0 radical (unpaired) electrons. The van der Waals surface area contributed by atoms with E-state index in [9.17, 15) is 18.0 Å². The molecule has 0 unspecified atom stereocenters. The maximum atomic E-state index is 12.6. The average Bonchev–Trinajstić information content (AvgIpc) is 3.06. The molecule has 0 aliphatic rings. The second kappa shape index (κ2) is 8.19. The Morgan fingerprint density at radius 2 is 2.00 bits per heavy atom. The summed E-state index contributed by atoms with van der Waals surface area (Å²) in [6.07, 6.45) is -1.88. The molecule has 10 heteroatoms. The van der Waals surface area contributed by atoms with Crippen LogP contribution in [-0.4, -0.2) is 32.0 Å². The average molecular weight is 469 g/mol. The lowest BCUT2D eigenvalue weighted by Gasteiger charge is -2.08. The number of amides is 1. The smallest absolute Gasteiger partial charge is 0.356 e. The number of rotatable bonds is 7. The van der Waals surface area contributed by atoms with Crippen LogP contribution in [0.15, 0.2) is 12.3 Å². The van der Waals surface area contributed by atoms with Crippen LogP contribution in [0.1, 0.15) is 29.9 Å². The van der Waals surface area contributed by atoms with E-state index < -0.39 is 11.9 Å². The molecule has 6 nitrogen and oxygen atoms in total. The molecule has 0 spiro atoms. The maximum absolute atomic E-state index is 12.6. The third-order valence-corrected chi connectivity index (χ3v) is 4.79. The fraction of sp³-hybridized carbons (Fsp3) is 0.533. The first-order chi connectivity index (χ1) is 11.7. The Morgan fingerprint density at radius 3 is 2.56 bits per heavy atom. The molecule has 2 aromatic heterocycles. The number of nitrogens with one attached hydrogen (secondary N) is 1. The molecular weight excluding hydrogens is 450 g/mol. The molecule has 0 bridgehead atoms. The molecule has 0 fully saturated rings. The van der Waals surface area contributed by atoms with E-state index in [1.54, 1.807) is 17.8 Å². The van der Waals surface area contributed by atoms with Gasteiger partial charge >= 0.3 is 6.18 Å². The van der Waals surface area contributed by atoms with Gasteiger partial charge in [-0.1, -0.05) is 0 Å². The van der Waals surface area contributed by atoms with E-state index in [0.717, 1.165) is 15.3 Å². The Bertz CT molecular complexity index is 738. The summed E-state index contributed by atoms with van der Waals surface area (Å²) < 4.78 is 41.9. The Balaban J connectivity index is 1.71. The van der Waals surface area contributed by atoms with Gasteiger partial charge in [-0.2, -0.15) is 23.4 Å². The topological polar surface area (TPSA) is 64.7 Å². The van der Waals surface area contributed by atoms with Crippen molar-refractivity contribution >= 4 is 28.5 Å². The van der Waals surface area contributed by atoms with Gasteiger partial charge in [-0.05, 0) is 48.9 Å². The van der Waals surface area contributed by atoms with Crippen molar-refractivity contribution in [1.29, 1.82) is 0 Å². The molecule has 0 saturated carbocycles. The van der Waals surface area contributed by atoms with Crippen LogP contribution >= 0.6 is 22.6 Å². The Hall–Kier alpha value is -1.59. The predicted octanol–water partition coefficient (Wildman–Crippen LogP) is 2.92. The molecule has 2 rings (SSSR count). The van der Waals surface area contributed by atoms with E-state index >= 15 is 0 Å². The molecule has 0 aliphatic carbocycles. The van der Waals surface area contributed by atoms with Crippen LogP contribution in [0.4, 0.5) is 13.2 Å². The number of carbonyl (C=O) groups is 1. The van der Waals surface area contributed by atoms with Crippen molar-refractivity contribution in [3.63, 3.8) is 0 Å². The summed E-state index contributed by atoms with van der Waals surface area (Å²) in [5.74, 6) is -0.113. The van der Waals surface area contributed by atoms with Gasteiger partial charge in [0.05, 0.1) is 9.77 Å². The lowest BCUT2D eigenvalue weighted by Crippen LogP contribution is -2.26. The number of hydrogen-bond acceptors (Lipinski definition) is 3. The minimum absolute atomic E-state index is 0.113. The fourth-order valence-electron chi connectivity index (χ4n) is 2.28. The second-order valence-corrected chi connectivity index (χ2v) is 6.81. The summed E-state index contributed by atoms with van der Waals surface area (Å²) in [7, 11) is 0. The van der Waals surface area contributed by atoms with Crippen LogP contribution in [0.25, 0.3) is 0 Å². The maximum Gasteiger partial charge on any atom is 0.435 e. The molecule has 138 valence electrons. The summed E-state index contributed by atoms with van der Waals surface area (Å²) in [4.78, 5) is 11.8. The van der Waals surface area contributed by atoms with Crippen molar-refractivity contribution in [2.24, 2.45) is 0 Å². The van der Waals surface area contributed by atoms with E-state index in [2.05, 4.69) is 38.1 Å². The normalized spacial score (nSPS) is 11.8. The lowest BCUT2D eigenvalue weighted by molar-refractivity contribution is -0.141. The van der Waals surface area contributed by atoms with Gasteiger partial charge < -0.3 is 5.32 Å². The number of aromatic nitrogens is 4. The summed E-state index contributed by atoms with van der Waals surface area (Å²) in [6.45, 7) is 4.71. The summed E-state index contributed by atoms with van der Waals surface area (Å²) >= 11 is 2.18. The highest BCUT2D eigenvalue weighted by Crippen LogP contribution is 2.28. The van der Waals surface area contributed by atoms with Gasteiger partial charge in [0, 0.05) is 37.4 Å². The van der Waals surface area contributed by atoms with E-state index in [0.29, 0.717) is 38.2 Å². The minimum Gasteiger partial charge on any atom is -0.356 e. The lowest BCUT2D eigenvalue weighted by atomic mass is 10.3. The Kier molecular flexibility index (Phi) is 6.47. The van der Waals surface area contributed by atoms with Crippen molar-refractivity contribution in [2.75, 3.05) is 6.54 Å². The first-order valence-electron chi connectivity index (χ1n) is 7.74. The number of carbonyl (C=O) groups excluding carboxylic acids is 1. The van der Waals surface area contributed by atoms with E-state index in [1.165, 1.54) is 4.68 Å². The highest BCUT2D eigenvalue weighted by Gasteiger charge is 2.34. The number of alkyl halides is 3. The van der Waals surface area contributed by atoms with Crippen LogP contribution in [0.5, 0.6) is 0 Å². The van der Waals surface area contributed by atoms with Crippen molar-refractivity contribution in [3.8, 4) is 0 Å².